The molecule has 2 aromatic heterocycles. The Hall–Kier alpha value is -2.11. The van der Waals surface area contributed by atoms with Gasteiger partial charge < -0.3 is 11.1 Å². The van der Waals surface area contributed by atoms with Crippen molar-refractivity contribution in [3.63, 3.8) is 0 Å². The van der Waals surface area contributed by atoms with E-state index in [1.54, 1.807) is 4.68 Å². The van der Waals surface area contributed by atoms with Crippen LogP contribution in [-0.2, 0) is 19.0 Å². The zero-order chi connectivity index (χ0) is 14.9. The Morgan fingerprint density at radius 1 is 1.30 bits per heavy atom. The molecule has 0 radical (unpaired) electrons. The fraction of sp³-hybridized carbons (Fsp3) is 0.500. The second-order valence-electron chi connectivity index (χ2n) is 5.99. The maximum absolute atomic E-state index is 5.98. The highest BCUT2D eigenvalue weighted by Crippen LogP contribution is 2.24. The number of aromatic nitrogens is 4. The van der Waals surface area contributed by atoms with Crippen LogP contribution in [-0.4, -0.2) is 19.7 Å². The molecule has 6 nitrogen and oxygen atoms in total. The molecular weight excluding hydrogens is 252 g/mol. The van der Waals surface area contributed by atoms with Crippen LogP contribution in [0.4, 0.5) is 11.6 Å². The van der Waals surface area contributed by atoms with Crippen molar-refractivity contribution in [2.24, 2.45) is 7.05 Å². The molecular formula is C14H22N6. The number of anilines is 2. The van der Waals surface area contributed by atoms with Crippen molar-refractivity contribution in [2.75, 3.05) is 11.1 Å². The standard InChI is InChI=1S/C14H22N6/c1-9-11(15)17-13(14(2,3)4)18-12(9)16-8-10-6-7-20(5)19-10/h6-7H,8H2,1-5H3,(H3,15,16,17,18). The summed E-state index contributed by atoms with van der Waals surface area (Å²) < 4.78 is 1.78. The van der Waals surface area contributed by atoms with E-state index in [0.717, 1.165) is 22.9 Å². The van der Waals surface area contributed by atoms with Crippen LogP contribution in [0.25, 0.3) is 0 Å². The van der Waals surface area contributed by atoms with Gasteiger partial charge in [0.05, 0.1) is 12.2 Å². The molecule has 3 N–H and O–H groups in total. The third-order valence-electron chi connectivity index (χ3n) is 3.06. The summed E-state index contributed by atoms with van der Waals surface area (Å²) in [6.07, 6.45) is 1.92. The molecule has 2 rings (SSSR count). The summed E-state index contributed by atoms with van der Waals surface area (Å²) in [4.78, 5) is 8.96. The van der Waals surface area contributed by atoms with E-state index in [4.69, 9.17) is 5.73 Å². The van der Waals surface area contributed by atoms with Crippen LogP contribution in [0.5, 0.6) is 0 Å². The third-order valence-corrected chi connectivity index (χ3v) is 3.06. The van der Waals surface area contributed by atoms with Gasteiger partial charge in [-0.1, -0.05) is 20.8 Å². The van der Waals surface area contributed by atoms with E-state index in [2.05, 4.69) is 41.2 Å². The summed E-state index contributed by atoms with van der Waals surface area (Å²) in [6, 6.07) is 1.97. The zero-order valence-electron chi connectivity index (χ0n) is 12.7. The molecule has 0 saturated heterocycles. The van der Waals surface area contributed by atoms with Gasteiger partial charge in [0.15, 0.2) is 0 Å². The number of nitrogens with zero attached hydrogens (tertiary/aromatic N) is 4. The minimum Gasteiger partial charge on any atom is -0.383 e. The van der Waals surface area contributed by atoms with Crippen LogP contribution in [0.15, 0.2) is 12.3 Å². The summed E-state index contributed by atoms with van der Waals surface area (Å²) in [5.74, 6) is 2.03. The minimum absolute atomic E-state index is 0.136. The van der Waals surface area contributed by atoms with Crippen molar-refractivity contribution in [3.8, 4) is 0 Å². The fourth-order valence-corrected chi connectivity index (χ4v) is 1.77. The smallest absolute Gasteiger partial charge is 0.138 e. The Morgan fingerprint density at radius 3 is 2.55 bits per heavy atom. The van der Waals surface area contributed by atoms with Gasteiger partial charge >= 0.3 is 0 Å². The van der Waals surface area contributed by atoms with Gasteiger partial charge in [-0.25, -0.2) is 9.97 Å². The summed E-state index contributed by atoms with van der Waals surface area (Å²) >= 11 is 0. The van der Waals surface area contributed by atoms with Crippen molar-refractivity contribution in [1.29, 1.82) is 0 Å². The van der Waals surface area contributed by atoms with Gasteiger partial charge in [-0.15, -0.1) is 0 Å². The van der Waals surface area contributed by atoms with Crippen molar-refractivity contribution in [1.82, 2.24) is 19.7 Å². The van der Waals surface area contributed by atoms with Gasteiger partial charge in [-0.05, 0) is 13.0 Å². The van der Waals surface area contributed by atoms with Crippen molar-refractivity contribution in [3.05, 3.63) is 29.3 Å². The van der Waals surface area contributed by atoms with Crippen molar-refractivity contribution < 1.29 is 0 Å². The molecule has 6 heteroatoms. The van der Waals surface area contributed by atoms with Crippen molar-refractivity contribution >= 4 is 11.6 Å². The van der Waals surface area contributed by atoms with Gasteiger partial charge in [-0.2, -0.15) is 5.10 Å². The van der Waals surface area contributed by atoms with Gasteiger partial charge in [0.25, 0.3) is 0 Å². The topological polar surface area (TPSA) is 81.6 Å². The summed E-state index contributed by atoms with van der Waals surface area (Å²) in [6.45, 7) is 8.74. The summed E-state index contributed by atoms with van der Waals surface area (Å²) in [5, 5.41) is 7.62. The first-order chi connectivity index (χ1) is 9.27. The lowest BCUT2D eigenvalue weighted by Crippen LogP contribution is -2.19. The normalized spacial score (nSPS) is 11.7. The Morgan fingerprint density at radius 2 is 2.00 bits per heavy atom. The SMILES string of the molecule is Cc1c(N)nc(C(C)(C)C)nc1NCc1ccn(C)n1. The number of hydrogen-bond donors (Lipinski definition) is 2. The predicted octanol–water partition coefficient (Wildman–Crippen LogP) is 2.01. The molecule has 2 aromatic rings. The molecule has 0 unspecified atom stereocenters. The van der Waals surface area contributed by atoms with E-state index < -0.39 is 0 Å². The van der Waals surface area contributed by atoms with E-state index in [9.17, 15) is 0 Å². The van der Waals surface area contributed by atoms with Crippen LogP contribution in [0.1, 0.15) is 37.9 Å². The minimum atomic E-state index is -0.136. The van der Waals surface area contributed by atoms with Crippen LogP contribution in [0, 0.1) is 6.92 Å². The van der Waals surface area contributed by atoms with Gasteiger partial charge in [0.1, 0.15) is 17.5 Å². The second kappa shape index (κ2) is 5.11. The molecule has 0 bridgehead atoms. The molecule has 0 spiro atoms. The number of nitrogens with one attached hydrogen (secondary N) is 1. The lowest BCUT2D eigenvalue weighted by molar-refractivity contribution is 0.546. The Bertz CT molecular complexity index is 609. The number of rotatable bonds is 3. The molecule has 0 aliphatic carbocycles. The molecule has 0 amide bonds. The summed E-state index contributed by atoms with van der Waals surface area (Å²) in [7, 11) is 1.90. The molecule has 2 heterocycles. The van der Waals surface area contributed by atoms with E-state index in [0.29, 0.717) is 12.4 Å². The Kier molecular flexibility index (Phi) is 3.65. The molecule has 0 atom stereocenters. The third kappa shape index (κ3) is 3.07. The number of nitrogen functional groups attached to an aromatic ring is 1. The molecule has 0 saturated carbocycles. The molecule has 0 fully saturated rings. The van der Waals surface area contributed by atoms with Gasteiger partial charge in [-0.3, -0.25) is 4.68 Å². The monoisotopic (exact) mass is 274 g/mol. The van der Waals surface area contributed by atoms with Crippen LogP contribution in [0.2, 0.25) is 0 Å². The fourth-order valence-electron chi connectivity index (χ4n) is 1.77. The lowest BCUT2D eigenvalue weighted by atomic mass is 9.95. The van der Waals surface area contributed by atoms with E-state index in [1.807, 2.05) is 26.2 Å². The van der Waals surface area contributed by atoms with Crippen LogP contribution >= 0.6 is 0 Å². The number of hydrogen-bond acceptors (Lipinski definition) is 5. The summed E-state index contributed by atoms with van der Waals surface area (Å²) in [5.41, 5.74) is 7.67. The van der Waals surface area contributed by atoms with E-state index in [1.165, 1.54) is 0 Å². The highest BCUT2D eigenvalue weighted by Gasteiger charge is 2.20. The number of aryl methyl sites for hydroxylation is 1. The average molecular weight is 274 g/mol. The van der Waals surface area contributed by atoms with Crippen molar-refractivity contribution in [2.45, 2.75) is 39.7 Å². The van der Waals surface area contributed by atoms with E-state index in [-0.39, 0.29) is 5.41 Å². The largest absolute Gasteiger partial charge is 0.383 e. The Balaban J connectivity index is 2.24. The first-order valence-corrected chi connectivity index (χ1v) is 6.64. The molecule has 20 heavy (non-hydrogen) atoms. The molecule has 0 aliphatic heterocycles. The van der Waals surface area contributed by atoms with Crippen LogP contribution in [0.3, 0.4) is 0 Å². The lowest BCUT2D eigenvalue weighted by Gasteiger charge is -2.19. The zero-order valence-corrected chi connectivity index (χ0v) is 12.7. The average Bonchev–Trinajstić information content (AvgIpc) is 2.75. The second-order valence-corrected chi connectivity index (χ2v) is 5.99. The number of nitrogens with two attached hydrogens (primary N) is 1. The van der Waals surface area contributed by atoms with Gasteiger partial charge in [0, 0.05) is 24.2 Å². The predicted molar refractivity (Wildman–Crippen MR) is 80.4 cm³/mol. The molecule has 0 aromatic carbocycles. The van der Waals surface area contributed by atoms with Crippen LogP contribution < -0.4 is 11.1 Å². The molecule has 0 aliphatic rings. The first kappa shape index (κ1) is 14.3. The highest BCUT2D eigenvalue weighted by atomic mass is 15.3. The van der Waals surface area contributed by atoms with E-state index >= 15 is 0 Å². The quantitative estimate of drug-likeness (QED) is 0.894. The maximum atomic E-state index is 5.98. The first-order valence-electron chi connectivity index (χ1n) is 6.64. The van der Waals surface area contributed by atoms with Gasteiger partial charge in [0.2, 0.25) is 0 Å². The molecule has 108 valence electrons. The Labute approximate surface area is 119 Å². The highest BCUT2D eigenvalue weighted by molar-refractivity contribution is 5.55. The maximum Gasteiger partial charge on any atom is 0.138 e.